The number of esters is 1. The Labute approximate surface area is 115 Å². The van der Waals surface area contributed by atoms with Crippen LogP contribution in [-0.4, -0.2) is 75.4 Å². The third kappa shape index (κ3) is 5.09. The number of piperidine rings is 1. The molecule has 0 N–H and O–H groups in total. The van der Waals surface area contributed by atoms with Crippen molar-refractivity contribution in [1.82, 2.24) is 9.80 Å². The minimum Gasteiger partial charge on any atom is -0.465 e. The molecule has 2 saturated heterocycles. The van der Waals surface area contributed by atoms with Crippen molar-refractivity contribution >= 4 is 5.97 Å². The second-order valence-electron chi connectivity index (χ2n) is 5.55. The molecule has 2 aliphatic heterocycles. The topological polar surface area (TPSA) is 42.0 Å². The fraction of sp³-hybridized carbons (Fsp3) is 0.929. The fourth-order valence-corrected chi connectivity index (χ4v) is 2.65. The number of hydrogen-bond donors (Lipinski definition) is 0. The third-order valence-corrected chi connectivity index (χ3v) is 4.02. The first-order valence-electron chi connectivity index (χ1n) is 7.41. The van der Waals surface area contributed by atoms with E-state index in [0.717, 1.165) is 65.2 Å². The summed E-state index contributed by atoms with van der Waals surface area (Å²) in [5.74, 6) is 0.134. The van der Waals surface area contributed by atoms with E-state index >= 15 is 0 Å². The van der Waals surface area contributed by atoms with Gasteiger partial charge in [0.05, 0.1) is 25.7 Å². The minimum atomic E-state index is 0.00933. The zero-order chi connectivity index (χ0) is 13.5. The highest BCUT2D eigenvalue weighted by atomic mass is 16.5. The summed E-state index contributed by atoms with van der Waals surface area (Å²) in [7, 11) is 2.10. The van der Waals surface area contributed by atoms with E-state index in [9.17, 15) is 4.79 Å². The molecule has 0 aromatic heterocycles. The van der Waals surface area contributed by atoms with Gasteiger partial charge in [-0.25, -0.2) is 0 Å². The van der Waals surface area contributed by atoms with Gasteiger partial charge in [0.15, 0.2) is 0 Å². The summed E-state index contributed by atoms with van der Waals surface area (Å²) >= 11 is 0. The molecule has 0 amide bonds. The van der Waals surface area contributed by atoms with Crippen LogP contribution < -0.4 is 0 Å². The quantitative estimate of drug-likeness (QED) is 0.540. The predicted molar refractivity (Wildman–Crippen MR) is 73.1 cm³/mol. The second-order valence-corrected chi connectivity index (χ2v) is 5.55. The molecule has 2 rings (SSSR count). The van der Waals surface area contributed by atoms with Gasteiger partial charge < -0.3 is 14.4 Å². The molecule has 0 saturated carbocycles. The maximum Gasteiger partial charge on any atom is 0.309 e. The maximum absolute atomic E-state index is 11.9. The number of carbonyl (C=O) groups is 1. The Hall–Kier alpha value is -0.650. The van der Waals surface area contributed by atoms with Crippen LogP contribution in [0.15, 0.2) is 0 Å². The molecule has 2 heterocycles. The molecule has 0 radical (unpaired) electrons. The first kappa shape index (κ1) is 14.8. The number of ether oxygens (including phenoxy) is 2. The number of nitrogens with zero attached hydrogens (tertiary/aromatic N) is 2. The molecule has 2 aliphatic rings. The van der Waals surface area contributed by atoms with Crippen molar-refractivity contribution in [1.29, 1.82) is 0 Å². The average Bonchev–Trinajstić information content (AvgIpc) is 2.45. The van der Waals surface area contributed by atoms with Crippen LogP contribution in [0.2, 0.25) is 0 Å². The largest absolute Gasteiger partial charge is 0.465 e. The number of likely N-dealkylation sites (tertiary alicyclic amines) is 1. The highest BCUT2D eigenvalue weighted by molar-refractivity contribution is 5.72. The molecule has 110 valence electrons. The maximum atomic E-state index is 11.9. The number of rotatable bonds is 5. The van der Waals surface area contributed by atoms with E-state index in [2.05, 4.69) is 16.8 Å². The van der Waals surface area contributed by atoms with Gasteiger partial charge in [0.1, 0.15) is 0 Å². The molecular formula is C14H26N2O3. The van der Waals surface area contributed by atoms with Gasteiger partial charge in [0.2, 0.25) is 0 Å². The molecule has 5 heteroatoms. The summed E-state index contributed by atoms with van der Waals surface area (Å²) in [4.78, 5) is 16.5. The van der Waals surface area contributed by atoms with Crippen LogP contribution in [0.3, 0.4) is 0 Å². The summed E-state index contributed by atoms with van der Waals surface area (Å²) in [6.45, 7) is 7.24. The van der Waals surface area contributed by atoms with Gasteiger partial charge >= 0.3 is 5.97 Å². The summed E-state index contributed by atoms with van der Waals surface area (Å²) in [6.07, 6.45) is 2.82. The zero-order valence-corrected chi connectivity index (χ0v) is 12.0. The van der Waals surface area contributed by atoms with Gasteiger partial charge in [-0.15, -0.1) is 0 Å². The zero-order valence-electron chi connectivity index (χ0n) is 12.0. The van der Waals surface area contributed by atoms with Gasteiger partial charge in [-0.3, -0.25) is 9.69 Å². The number of morpholine rings is 1. The van der Waals surface area contributed by atoms with Gasteiger partial charge in [-0.1, -0.05) is 0 Å². The lowest BCUT2D eigenvalue weighted by Gasteiger charge is -2.28. The van der Waals surface area contributed by atoms with E-state index in [1.165, 1.54) is 0 Å². The SMILES string of the molecule is CN1CCC(C(=O)OCCCN2CCOCC2)CC1. The monoisotopic (exact) mass is 270 g/mol. The van der Waals surface area contributed by atoms with Gasteiger partial charge in [-0.05, 0) is 39.4 Å². The van der Waals surface area contributed by atoms with Crippen LogP contribution in [0, 0.1) is 5.92 Å². The van der Waals surface area contributed by atoms with Crippen molar-refractivity contribution in [2.24, 2.45) is 5.92 Å². The van der Waals surface area contributed by atoms with Crippen molar-refractivity contribution in [3.05, 3.63) is 0 Å². The summed E-state index contributed by atoms with van der Waals surface area (Å²) < 4.78 is 10.7. The van der Waals surface area contributed by atoms with Crippen LogP contribution >= 0.6 is 0 Å². The van der Waals surface area contributed by atoms with Crippen molar-refractivity contribution < 1.29 is 14.3 Å². The van der Waals surface area contributed by atoms with Crippen LogP contribution in [0.4, 0.5) is 0 Å². The van der Waals surface area contributed by atoms with E-state index in [0.29, 0.717) is 6.61 Å². The Morgan fingerprint density at radius 1 is 1.21 bits per heavy atom. The molecule has 0 atom stereocenters. The molecule has 0 bridgehead atoms. The fourth-order valence-electron chi connectivity index (χ4n) is 2.65. The van der Waals surface area contributed by atoms with E-state index in [1.54, 1.807) is 0 Å². The molecule has 0 aromatic carbocycles. The van der Waals surface area contributed by atoms with E-state index < -0.39 is 0 Å². The molecule has 2 fully saturated rings. The van der Waals surface area contributed by atoms with E-state index in [1.807, 2.05) is 0 Å². The van der Waals surface area contributed by atoms with Crippen LogP contribution in [0.1, 0.15) is 19.3 Å². The molecule has 0 aromatic rings. The summed E-state index contributed by atoms with van der Waals surface area (Å²) in [6, 6.07) is 0. The number of hydrogen-bond acceptors (Lipinski definition) is 5. The highest BCUT2D eigenvalue weighted by Gasteiger charge is 2.24. The minimum absolute atomic E-state index is 0.00933. The molecular weight excluding hydrogens is 244 g/mol. The van der Waals surface area contributed by atoms with Crippen LogP contribution in [-0.2, 0) is 14.3 Å². The Morgan fingerprint density at radius 2 is 1.89 bits per heavy atom. The average molecular weight is 270 g/mol. The van der Waals surface area contributed by atoms with E-state index in [-0.39, 0.29) is 11.9 Å². The van der Waals surface area contributed by atoms with Crippen LogP contribution in [0.5, 0.6) is 0 Å². The van der Waals surface area contributed by atoms with E-state index in [4.69, 9.17) is 9.47 Å². The van der Waals surface area contributed by atoms with Gasteiger partial charge in [0, 0.05) is 19.6 Å². The lowest BCUT2D eigenvalue weighted by molar-refractivity contribution is -0.150. The van der Waals surface area contributed by atoms with Crippen LogP contribution in [0.25, 0.3) is 0 Å². The highest BCUT2D eigenvalue weighted by Crippen LogP contribution is 2.17. The first-order valence-corrected chi connectivity index (χ1v) is 7.41. The van der Waals surface area contributed by atoms with Crippen molar-refractivity contribution in [2.45, 2.75) is 19.3 Å². The normalized spacial score (nSPS) is 23.4. The van der Waals surface area contributed by atoms with Crippen molar-refractivity contribution in [3.63, 3.8) is 0 Å². The summed E-state index contributed by atoms with van der Waals surface area (Å²) in [5.41, 5.74) is 0. The molecule has 0 spiro atoms. The summed E-state index contributed by atoms with van der Waals surface area (Å²) in [5, 5.41) is 0. The predicted octanol–water partition coefficient (Wildman–Crippen LogP) is 0.594. The van der Waals surface area contributed by atoms with Gasteiger partial charge in [-0.2, -0.15) is 0 Å². The van der Waals surface area contributed by atoms with Gasteiger partial charge in [0.25, 0.3) is 0 Å². The lowest BCUT2D eigenvalue weighted by atomic mass is 9.97. The molecule has 0 unspecified atom stereocenters. The molecule has 0 aliphatic carbocycles. The Kier molecular flexibility index (Phi) is 6.07. The Morgan fingerprint density at radius 3 is 2.58 bits per heavy atom. The Balaban J connectivity index is 1.53. The Bertz CT molecular complexity index is 272. The number of carbonyl (C=O) groups excluding carboxylic acids is 1. The standard InChI is InChI=1S/C14H26N2O3/c1-15-6-3-13(4-7-15)14(17)19-10-2-5-16-8-11-18-12-9-16/h13H,2-12H2,1H3. The first-order chi connectivity index (χ1) is 9.25. The smallest absolute Gasteiger partial charge is 0.309 e. The second kappa shape index (κ2) is 7.82. The van der Waals surface area contributed by atoms with Crippen molar-refractivity contribution in [3.8, 4) is 0 Å². The third-order valence-electron chi connectivity index (χ3n) is 4.02. The van der Waals surface area contributed by atoms with Crippen molar-refractivity contribution in [2.75, 3.05) is 59.6 Å². The lowest BCUT2D eigenvalue weighted by Crippen LogP contribution is -2.37. The molecule has 19 heavy (non-hydrogen) atoms. The molecule has 5 nitrogen and oxygen atoms in total.